The average molecular weight is 258 g/mol. The average Bonchev–Trinajstić information content (AvgIpc) is 2.75. The second-order valence-corrected chi connectivity index (χ2v) is 4.09. The first-order valence-corrected chi connectivity index (χ1v) is 5.73. The van der Waals surface area contributed by atoms with Crippen molar-refractivity contribution in [3.8, 4) is 0 Å². The fourth-order valence-electron chi connectivity index (χ4n) is 1.71. The number of amides is 2. The summed E-state index contributed by atoms with van der Waals surface area (Å²) in [5.74, 6) is -0.176. The predicted molar refractivity (Wildman–Crippen MR) is 70.5 cm³/mol. The predicted octanol–water partition coefficient (Wildman–Crippen LogP) is 0.700. The highest BCUT2D eigenvalue weighted by Crippen LogP contribution is 2.14. The maximum absolute atomic E-state index is 11.9. The Morgan fingerprint density at radius 3 is 2.74 bits per heavy atom. The lowest BCUT2D eigenvalue weighted by Gasteiger charge is -2.08. The number of aryl methyl sites for hydroxylation is 1. The lowest BCUT2D eigenvalue weighted by molar-refractivity contribution is -0.115. The van der Waals surface area contributed by atoms with E-state index in [9.17, 15) is 9.59 Å². The monoisotopic (exact) mass is 258 g/mol. The molecule has 0 atom stereocenters. The summed E-state index contributed by atoms with van der Waals surface area (Å²) < 4.78 is 1.76. The molecule has 2 amide bonds. The molecule has 2 rings (SSSR count). The Morgan fingerprint density at radius 2 is 2.11 bits per heavy atom. The number of para-hydroxylation sites is 1. The number of primary amides is 1. The molecule has 2 aromatic rings. The quantitative estimate of drug-likeness (QED) is 0.845. The number of hydrogen-bond donors (Lipinski definition) is 2. The number of carbonyl (C=O) groups excluding carboxylic acids is 2. The van der Waals surface area contributed by atoms with Crippen LogP contribution in [-0.2, 0) is 18.3 Å². The van der Waals surface area contributed by atoms with Gasteiger partial charge < -0.3 is 15.6 Å². The topological polar surface area (TPSA) is 90.0 Å². The summed E-state index contributed by atoms with van der Waals surface area (Å²) in [6.07, 6.45) is 3.52. The minimum absolute atomic E-state index is 0.136. The zero-order valence-electron chi connectivity index (χ0n) is 10.5. The first kappa shape index (κ1) is 12.8. The SMILES string of the molecule is Cn1ccnc1CC(=O)Nc1ccccc1C(N)=O. The molecule has 0 saturated carbocycles. The van der Waals surface area contributed by atoms with Crippen LogP contribution in [0.1, 0.15) is 16.2 Å². The van der Waals surface area contributed by atoms with Gasteiger partial charge in [0.2, 0.25) is 5.91 Å². The molecular formula is C13H14N4O2. The van der Waals surface area contributed by atoms with E-state index in [1.54, 1.807) is 41.2 Å². The minimum Gasteiger partial charge on any atom is -0.366 e. The number of imidazole rings is 1. The largest absolute Gasteiger partial charge is 0.366 e. The van der Waals surface area contributed by atoms with Crippen molar-refractivity contribution in [1.82, 2.24) is 9.55 Å². The van der Waals surface area contributed by atoms with E-state index in [1.807, 2.05) is 7.05 Å². The number of benzene rings is 1. The fraction of sp³-hybridized carbons (Fsp3) is 0.154. The van der Waals surface area contributed by atoms with Crippen molar-refractivity contribution in [1.29, 1.82) is 0 Å². The molecule has 1 heterocycles. The molecule has 0 fully saturated rings. The van der Waals surface area contributed by atoms with Crippen LogP contribution in [0.2, 0.25) is 0 Å². The van der Waals surface area contributed by atoms with E-state index in [-0.39, 0.29) is 17.9 Å². The third-order valence-electron chi connectivity index (χ3n) is 2.71. The van der Waals surface area contributed by atoms with Crippen LogP contribution in [0.5, 0.6) is 0 Å². The molecule has 1 aromatic heterocycles. The number of nitrogens with zero attached hydrogens (tertiary/aromatic N) is 2. The highest BCUT2D eigenvalue weighted by molar-refractivity contribution is 6.03. The summed E-state index contributed by atoms with van der Waals surface area (Å²) in [5.41, 5.74) is 5.94. The van der Waals surface area contributed by atoms with Gasteiger partial charge in [-0.15, -0.1) is 0 Å². The molecule has 0 radical (unpaired) electrons. The van der Waals surface area contributed by atoms with E-state index in [1.165, 1.54) is 0 Å². The van der Waals surface area contributed by atoms with E-state index < -0.39 is 5.91 Å². The van der Waals surface area contributed by atoms with Crippen LogP contribution in [0.4, 0.5) is 5.69 Å². The Hall–Kier alpha value is -2.63. The molecule has 0 bridgehead atoms. The van der Waals surface area contributed by atoms with Gasteiger partial charge in [-0.25, -0.2) is 4.98 Å². The van der Waals surface area contributed by atoms with E-state index >= 15 is 0 Å². The lowest BCUT2D eigenvalue weighted by Crippen LogP contribution is -2.20. The third-order valence-corrected chi connectivity index (χ3v) is 2.71. The number of carbonyl (C=O) groups is 2. The van der Waals surface area contributed by atoms with Crippen molar-refractivity contribution in [2.45, 2.75) is 6.42 Å². The first-order valence-electron chi connectivity index (χ1n) is 5.73. The normalized spacial score (nSPS) is 10.2. The molecular weight excluding hydrogens is 244 g/mol. The summed E-state index contributed by atoms with van der Waals surface area (Å²) in [4.78, 5) is 27.2. The summed E-state index contributed by atoms with van der Waals surface area (Å²) in [7, 11) is 1.81. The van der Waals surface area contributed by atoms with Crippen LogP contribution in [0.25, 0.3) is 0 Å². The number of aromatic nitrogens is 2. The van der Waals surface area contributed by atoms with Gasteiger partial charge in [-0.1, -0.05) is 12.1 Å². The zero-order chi connectivity index (χ0) is 13.8. The second-order valence-electron chi connectivity index (χ2n) is 4.09. The molecule has 6 nitrogen and oxygen atoms in total. The molecule has 6 heteroatoms. The van der Waals surface area contributed by atoms with Crippen molar-refractivity contribution in [3.05, 3.63) is 48.0 Å². The summed E-state index contributed by atoms with van der Waals surface area (Å²) in [5, 5.41) is 2.66. The summed E-state index contributed by atoms with van der Waals surface area (Å²) in [6, 6.07) is 6.62. The molecule has 0 unspecified atom stereocenters. The fourth-order valence-corrected chi connectivity index (χ4v) is 1.71. The Morgan fingerprint density at radius 1 is 1.37 bits per heavy atom. The van der Waals surface area contributed by atoms with E-state index in [2.05, 4.69) is 10.3 Å². The molecule has 0 aliphatic heterocycles. The zero-order valence-corrected chi connectivity index (χ0v) is 10.5. The van der Waals surface area contributed by atoms with Crippen molar-refractivity contribution >= 4 is 17.5 Å². The van der Waals surface area contributed by atoms with Gasteiger partial charge in [-0.3, -0.25) is 9.59 Å². The number of anilines is 1. The van der Waals surface area contributed by atoms with Gasteiger partial charge in [0.15, 0.2) is 0 Å². The van der Waals surface area contributed by atoms with Gasteiger partial charge in [0.05, 0.1) is 17.7 Å². The van der Waals surface area contributed by atoms with Crippen LogP contribution < -0.4 is 11.1 Å². The van der Waals surface area contributed by atoms with E-state index in [4.69, 9.17) is 5.73 Å². The lowest BCUT2D eigenvalue weighted by atomic mass is 10.1. The smallest absolute Gasteiger partial charge is 0.250 e. The van der Waals surface area contributed by atoms with Gasteiger partial charge in [-0.05, 0) is 12.1 Å². The highest BCUT2D eigenvalue weighted by atomic mass is 16.2. The number of nitrogens with one attached hydrogen (secondary N) is 1. The van der Waals surface area contributed by atoms with Crippen molar-refractivity contribution in [2.24, 2.45) is 12.8 Å². The van der Waals surface area contributed by atoms with Crippen molar-refractivity contribution in [2.75, 3.05) is 5.32 Å². The molecule has 1 aromatic carbocycles. The van der Waals surface area contributed by atoms with Crippen LogP contribution in [0.15, 0.2) is 36.7 Å². The number of hydrogen-bond acceptors (Lipinski definition) is 3. The van der Waals surface area contributed by atoms with Crippen LogP contribution in [0, 0.1) is 0 Å². The number of rotatable bonds is 4. The molecule has 0 spiro atoms. The molecule has 0 saturated heterocycles. The van der Waals surface area contributed by atoms with Gasteiger partial charge >= 0.3 is 0 Å². The second kappa shape index (κ2) is 5.34. The van der Waals surface area contributed by atoms with Gasteiger partial charge in [-0.2, -0.15) is 0 Å². The summed E-state index contributed by atoms with van der Waals surface area (Å²) in [6.45, 7) is 0. The van der Waals surface area contributed by atoms with E-state index in [0.29, 0.717) is 11.5 Å². The highest BCUT2D eigenvalue weighted by Gasteiger charge is 2.12. The van der Waals surface area contributed by atoms with Gasteiger partial charge in [0.25, 0.3) is 5.91 Å². The van der Waals surface area contributed by atoms with Crippen LogP contribution in [0.3, 0.4) is 0 Å². The van der Waals surface area contributed by atoms with Gasteiger partial charge in [0, 0.05) is 19.4 Å². The Kier molecular flexibility index (Phi) is 3.61. The van der Waals surface area contributed by atoms with Crippen molar-refractivity contribution in [3.63, 3.8) is 0 Å². The molecule has 3 N–H and O–H groups in total. The Balaban J connectivity index is 2.11. The van der Waals surface area contributed by atoms with Crippen LogP contribution >= 0.6 is 0 Å². The minimum atomic E-state index is -0.576. The van der Waals surface area contributed by atoms with Gasteiger partial charge in [0.1, 0.15) is 5.82 Å². The molecule has 0 aliphatic carbocycles. The summed E-state index contributed by atoms with van der Waals surface area (Å²) >= 11 is 0. The first-order chi connectivity index (χ1) is 9.08. The Labute approximate surface area is 110 Å². The third kappa shape index (κ3) is 2.98. The Bertz CT molecular complexity index is 619. The van der Waals surface area contributed by atoms with Crippen molar-refractivity contribution < 1.29 is 9.59 Å². The molecule has 0 aliphatic rings. The maximum Gasteiger partial charge on any atom is 0.250 e. The van der Waals surface area contributed by atoms with E-state index in [0.717, 1.165) is 0 Å². The van der Waals surface area contributed by atoms with Crippen LogP contribution in [-0.4, -0.2) is 21.4 Å². The maximum atomic E-state index is 11.9. The standard InChI is InChI=1S/C13H14N4O2/c1-17-7-6-15-11(17)8-12(18)16-10-5-3-2-4-9(10)13(14)19/h2-7H,8H2,1H3,(H2,14,19)(H,16,18). The number of nitrogens with two attached hydrogens (primary N) is 1. The molecule has 98 valence electrons. The molecule has 19 heavy (non-hydrogen) atoms.